The van der Waals surface area contributed by atoms with E-state index in [1.54, 1.807) is 22.8 Å². The lowest BCUT2D eigenvalue weighted by Gasteiger charge is -2.13. The second-order valence-corrected chi connectivity index (χ2v) is 7.07. The van der Waals surface area contributed by atoms with Crippen molar-refractivity contribution in [1.29, 1.82) is 0 Å². The Hall–Kier alpha value is -3.14. The van der Waals surface area contributed by atoms with Gasteiger partial charge < -0.3 is 10.2 Å². The van der Waals surface area contributed by atoms with Crippen LogP contribution in [0.3, 0.4) is 0 Å². The van der Waals surface area contributed by atoms with Crippen LogP contribution in [0.2, 0.25) is 0 Å². The Morgan fingerprint density at radius 3 is 2.85 bits per heavy atom. The lowest BCUT2D eigenvalue weighted by molar-refractivity contribution is -0.384. The highest BCUT2D eigenvalue weighted by atomic mass is 32.2. The first-order valence-corrected chi connectivity index (χ1v) is 9.00. The standard InChI is InChI=1S/C17H17N5O4S/c1-11(12-4-2-5-13(10-12)22(24)25)27-17-20-19-16(14-6-3-9-26-14)21(17)8-7-15(18)23/h2-6,9-11H,7-8H2,1H3,(H2,18,23). The van der Waals surface area contributed by atoms with Crippen molar-refractivity contribution in [3.63, 3.8) is 0 Å². The maximum atomic E-state index is 11.2. The van der Waals surface area contributed by atoms with Gasteiger partial charge in [-0.3, -0.25) is 19.5 Å². The third-order valence-electron chi connectivity index (χ3n) is 3.87. The largest absolute Gasteiger partial charge is 0.461 e. The molecule has 1 amide bonds. The van der Waals surface area contributed by atoms with Crippen molar-refractivity contribution in [2.75, 3.05) is 0 Å². The first-order chi connectivity index (χ1) is 13.0. The minimum Gasteiger partial charge on any atom is -0.461 e. The van der Waals surface area contributed by atoms with Crippen molar-refractivity contribution in [1.82, 2.24) is 14.8 Å². The molecule has 0 aliphatic carbocycles. The summed E-state index contributed by atoms with van der Waals surface area (Å²) in [6, 6.07) is 9.95. The van der Waals surface area contributed by atoms with Crippen LogP contribution in [0.5, 0.6) is 0 Å². The summed E-state index contributed by atoms with van der Waals surface area (Å²) in [7, 11) is 0. The van der Waals surface area contributed by atoms with Crippen LogP contribution in [0.25, 0.3) is 11.6 Å². The third-order valence-corrected chi connectivity index (χ3v) is 5.01. The summed E-state index contributed by atoms with van der Waals surface area (Å²) in [6.45, 7) is 2.23. The predicted octanol–water partition coefficient (Wildman–Crippen LogP) is 3.18. The van der Waals surface area contributed by atoms with Crippen molar-refractivity contribution in [2.24, 2.45) is 5.73 Å². The highest BCUT2D eigenvalue weighted by Gasteiger charge is 2.20. The fourth-order valence-corrected chi connectivity index (χ4v) is 3.50. The van der Waals surface area contributed by atoms with Gasteiger partial charge in [0.15, 0.2) is 16.7 Å². The number of thioether (sulfide) groups is 1. The Morgan fingerprint density at radius 1 is 1.37 bits per heavy atom. The van der Waals surface area contributed by atoms with Crippen LogP contribution in [0, 0.1) is 10.1 Å². The van der Waals surface area contributed by atoms with E-state index in [9.17, 15) is 14.9 Å². The maximum absolute atomic E-state index is 11.2. The van der Waals surface area contributed by atoms with Crippen molar-refractivity contribution in [3.8, 4) is 11.6 Å². The molecule has 140 valence electrons. The molecule has 0 aliphatic rings. The van der Waals surface area contributed by atoms with E-state index in [4.69, 9.17) is 10.2 Å². The quantitative estimate of drug-likeness (QED) is 0.357. The molecule has 0 saturated heterocycles. The zero-order chi connectivity index (χ0) is 19.4. The van der Waals surface area contributed by atoms with E-state index in [1.807, 2.05) is 13.0 Å². The SMILES string of the molecule is CC(Sc1nnc(-c2ccco2)n1CCC(N)=O)c1cccc([N+](=O)[O-])c1. The molecule has 9 nitrogen and oxygen atoms in total. The van der Waals surface area contributed by atoms with Gasteiger partial charge in [0, 0.05) is 30.3 Å². The third kappa shape index (κ3) is 4.34. The van der Waals surface area contributed by atoms with E-state index < -0.39 is 10.8 Å². The number of furan rings is 1. The summed E-state index contributed by atoms with van der Waals surface area (Å²) in [5.74, 6) is 0.591. The molecule has 10 heteroatoms. The number of nitrogens with zero attached hydrogens (tertiary/aromatic N) is 4. The molecule has 1 aromatic carbocycles. The minimum atomic E-state index is -0.434. The molecule has 0 saturated carbocycles. The lowest BCUT2D eigenvalue weighted by atomic mass is 10.1. The summed E-state index contributed by atoms with van der Waals surface area (Å²) < 4.78 is 7.15. The van der Waals surface area contributed by atoms with Crippen molar-refractivity contribution < 1.29 is 14.1 Å². The Labute approximate surface area is 158 Å². The Morgan fingerprint density at radius 2 is 2.19 bits per heavy atom. The molecule has 0 fully saturated rings. The van der Waals surface area contributed by atoms with Crippen molar-refractivity contribution in [3.05, 3.63) is 58.3 Å². The molecule has 1 unspecified atom stereocenters. The van der Waals surface area contributed by atoms with Gasteiger partial charge in [0.1, 0.15) is 0 Å². The van der Waals surface area contributed by atoms with Crippen LogP contribution in [0.15, 0.2) is 52.2 Å². The molecule has 3 rings (SSSR count). The van der Waals surface area contributed by atoms with Crippen LogP contribution in [0.4, 0.5) is 5.69 Å². The number of nitro benzene ring substituents is 1. The number of nitro groups is 1. The van der Waals surface area contributed by atoms with Crippen LogP contribution in [0.1, 0.15) is 24.2 Å². The van der Waals surface area contributed by atoms with Gasteiger partial charge in [-0.2, -0.15) is 0 Å². The highest BCUT2D eigenvalue weighted by molar-refractivity contribution is 7.99. The van der Waals surface area contributed by atoms with Gasteiger partial charge in [-0.1, -0.05) is 23.9 Å². The van der Waals surface area contributed by atoms with Crippen molar-refractivity contribution >= 4 is 23.4 Å². The molecule has 0 spiro atoms. The first kappa shape index (κ1) is 18.6. The molecule has 1 atom stereocenters. The molecule has 0 aliphatic heterocycles. The molecule has 0 bridgehead atoms. The monoisotopic (exact) mass is 387 g/mol. The number of primary amides is 1. The normalized spacial score (nSPS) is 12.0. The Bertz CT molecular complexity index is 954. The molecule has 2 heterocycles. The van der Waals surface area contributed by atoms with Crippen LogP contribution in [-0.4, -0.2) is 25.6 Å². The number of carbonyl (C=O) groups excluding carboxylic acids is 1. The lowest BCUT2D eigenvalue weighted by Crippen LogP contribution is -2.15. The average Bonchev–Trinajstić information content (AvgIpc) is 3.29. The van der Waals surface area contributed by atoms with E-state index in [2.05, 4.69) is 10.2 Å². The molecular formula is C17H17N5O4S. The maximum Gasteiger partial charge on any atom is 0.269 e. The predicted molar refractivity (Wildman–Crippen MR) is 98.9 cm³/mol. The summed E-state index contributed by atoms with van der Waals surface area (Å²) in [6.07, 6.45) is 1.66. The summed E-state index contributed by atoms with van der Waals surface area (Å²) in [5, 5.41) is 19.8. The second kappa shape index (κ2) is 8.04. The number of benzene rings is 1. The molecule has 2 N–H and O–H groups in total. The highest BCUT2D eigenvalue weighted by Crippen LogP contribution is 2.36. The molecule has 27 heavy (non-hydrogen) atoms. The number of aromatic nitrogens is 3. The van der Waals surface area contributed by atoms with E-state index in [-0.39, 0.29) is 17.4 Å². The van der Waals surface area contributed by atoms with E-state index in [0.29, 0.717) is 23.3 Å². The van der Waals surface area contributed by atoms with Gasteiger partial charge in [-0.25, -0.2) is 0 Å². The second-order valence-electron chi connectivity index (χ2n) is 5.76. The number of amides is 1. The first-order valence-electron chi connectivity index (χ1n) is 8.12. The fraction of sp³-hybridized carbons (Fsp3) is 0.235. The number of rotatable bonds is 8. The molecule has 0 radical (unpaired) electrons. The number of carbonyl (C=O) groups is 1. The molecule has 2 aromatic heterocycles. The number of hydrogen-bond acceptors (Lipinski definition) is 7. The Kier molecular flexibility index (Phi) is 5.55. The van der Waals surface area contributed by atoms with Crippen LogP contribution in [-0.2, 0) is 11.3 Å². The number of nitrogens with two attached hydrogens (primary N) is 1. The summed E-state index contributed by atoms with van der Waals surface area (Å²) in [5.41, 5.74) is 6.10. The molecule has 3 aromatic rings. The number of hydrogen-bond donors (Lipinski definition) is 1. The number of non-ortho nitro benzene ring substituents is 1. The summed E-state index contributed by atoms with van der Waals surface area (Å²) >= 11 is 1.39. The zero-order valence-electron chi connectivity index (χ0n) is 14.4. The van der Waals surface area contributed by atoms with Gasteiger partial charge in [0.25, 0.3) is 5.69 Å². The molecular weight excluding hydrogens is 370 g/mol. The van der Waals surface area contributed by atoms with E-state index >= 15 is 0 Å². The van der Waals surface area contributed by atoms with Crippen molar-refractivity contribution in [2.45, 2.75) is 30.3 Å². The Balaban J connectivity index is 1.88. The average molecular weight is 387 g/mol. The van der Waals surface area contributed by atoms with Gasteiger partial charge in [-0.15, -0.1) is 10.2 Å². The minimum absolute atomic E-state index is 0.0337. The zero-order valence-corrected chi connectivity index (χ0v) is 15.3. The van der Waals surface area contributed by atoms with E-state index in [1.165, 1.54) is 30.2 Å². The topological polar surface area (TPSA) is 130 Å². The summed E-state index contributed by atoms with van der Waals surface area (Å²) in [4.78, 5) is 21.8. The van der Waals surface area contributed by atoms with Gasteiger partial charge in [0.2, 0.25) is 5.91 Å². The van der Waals surface area contributed by atoms with Crippen LogP contribution < -0.4 is 5.73 Å². The van der Waals surface area contributed by atoms with Gasteiger partial charge >= 0.3 is 0 Å². The van der Waals surface area contributed by atoms with Crippen LogP contribution >= 0.6 is 11.8 Å². The van der Waals surface area contributed by atoms with E-state index in [0.717, 1.165) is 5.56 Å². The van der Waals surface area contributed by atoms with Gasteiger partial charge in [0.05, 0.1) is 11.2 Å². The smallest absolute Gasteiger partial charge is 0.269 e. The van der Waals surface area contributed by atoms with Gasteiger partial charge in [-0.05, 0) is 24.6 Å². The fourth-order valence-electron chi connectivity index (χ4n) is 2.50.